The number of carbonyl (C=O) groups excluding carboxylic acids is 1. The summed E-state index contributed by atoms with van der Waals surface area (Å²) in [6, 6.07) is -0.614. The maximum atomic E-state index is 12.2. The normalized spacial score (nSPS) is 12.9. The van der Waals surface area contributed by atoms with Crippen LogP contribution < -0.4 is 15.1 Å². The van der Waals surface area contributed by atoms with E-state index in [1.807, 2.05) is 0 Å². The quantitative estimate of drug-likeness (QED) is 0.152. The van der Waals surface area contributed by atoms with Crippen molar-refractivity contribution in [1.29, 1.82) is 0 Å². The summed E-state index contributed by atoms with van der Waals surface area (Å²) in [5, 5.41) is 2.76. The molecule has 0 spiro atoms. The third-order valence-corrected chi connectivity index (χ3v) is 5.95. The first-order chi connectivity index (χ1) is 15.9. The summed E-state index contributed by atoms with van der Waals surface area (Å²) in [7, 11) is -5.09. The molecule has 1 rings (SSSR count). The van der Waals surface area contributed by atoms with Crippen molar-refractivity contribution in [2.45, 2.75) is 109 Å². The van der Waals surface area contributed by atoms with E-state index in [9.17, 15) is 19.1 Å². The van der Waals surface area contributed by atoms with E-state index in [1.54, 1.807) is 6.20 Å². The molecule has 1 atom stereocenters. The van der Waals surface area contributed by atoms with Crippen molar-refractivity contribution in [2.75, 3.05) is 6.61 Å². The number of nitrogens with one attached hydrogen (secondary N) is 2. The number of hydrogen-bond acceptors (Lipinski definition) is 6. The largest absolute Gasteiger partial charge is 0.790 e. The first kappa shape index (κ1) is 29.6. The van der Waals surface area contributed by atoms with Gasteiger partial charge in [-0.2, -0.15) is 0 Å². The highest BCUT2D eigenvalue weighted by Crippen LogP contribution is 2.24. The summed E-state index contributed by atoms with van der Waals surface area (Å²) < 4.78 is 15.1. The molecule has 0 unspecified atom stereocenters. The summed E-state index contributed by atoms with van der Waals surface area (Å²) >= 11 is 0. The zero-order valence-electron chi connectivity index (χ0n) is 20.1. The van der Waals surface area contributed by atoms with E-state index in [2.05, 4.69) is 38.9 Å². The summed E-state index contributed by atoms with van der Waals surface area (Å²) in [4.78, 5) is 40.5. The highest BCUT2D eigenvalue weighted by molar-refractivity contribution is 7.43. The van der Waals surface area contributed by atoms with E-state index in [0.29, 0.717) is 12.8 Å². The fraction of sp³-hybridized carbons (Fsp3) is 0.750. The molecule has 0 saturated heterocycles. The number of aromatic nitrogens is 2. The van der Waals surface area contributed by atoms with Gasteiger partial charge in [-0.1, -0.05) is 70.4 Å². The predicted octanol–water partition coefficient (Wildman–Crippen LogP) is 4.32. The highest BCUT2D eigenvalue weighted by Gasteiger charge is 2.15. The van der Waals surface area contributed by atoms with Crippen LogP contribution in [-0.4, -0.2) is 28.5 Å². The highest BCUT2D eigenvalue weighted by atomic mass is 31.2. The number of H-pyrrole nitrogens is 1. The molecule has 0 saturated carbocycles. The van der Waals surface area contributed by atoms with Gasteiger partial charge >= 0.3 is 0 Å². The number of phosphoric acid groups is 1. The molecule has 0 fully saturated rings. The Balaban J connectivity index is 2.06. The molecular formula is C24H42N3O5P-2. The van der Waals surface area contributed by atoms with Crippen LogP contribution in [0.5, 0.6) is 0 Å². The van der Waals surface area contributed by atoms with Gasteiger partial charge in [-0.05, 0) is 32.1 Å². The second-order valence-corrected chi connectivity index (χ2v) is 9.78. The Bertz CT molecular complexity index is 676. The molecule has 190 valence electrons. The van der Waals surface area contributed by atoms with Crippen molar-refractivity contribution in [3.63, 3.8) is 0 Å². The van der Waals surface area contributed by atoms with Crippen LogP contribution in [0.4, 0.5) is 0 Å². The molecule has 1 amide bonds. The van der Waals surface area contributed by atoms with Crippen LogP contribution in [0.1, 0.15) is 103 Å². The number of allylic oxidation sites excluding steroid dienone is 2. The zero-order chi connectivity index (χ0) is 24.2. The van der Waals surface area contributed by atoms with E-state index in [0.717, 1.165) is 37.8 Å². The van der Waals surface area contributed by atoms with Crippen LogP contribution in [0.3, 0.4) is 0 Å². The van der Waals surface area contributed by atoms with Gasteiger partial charge in [-0.3, -0.25) is 4.79 Å². The van der Waals surface area contributed by atoms with Crippen molar-refractivity contribution >= 4 is 13.7 Å². The van der Waals surface area contributed by atoms with Crippen LogP contribution in [0.15, 0.2) is 24.7 Å². The van der Waals surface area contributed by atoms with Crippen molar-refractivity contribution in [3.8, 4) is 0 Å². The molecule has 0 aromatic carbocycles. The summed E-state index contributed by atoms with van der Waals surface area (Å²) in [5.41, 5.74) is 0.719. The molecule has 1 aromatic rings. The number of rotatable bonds is 21. The second-order valence-electron chi connectivity index (χ2n) is 8.62. The fourth-order valence-electron chi connectivity index (χ4n) is 3.65. The maximum Gasteiger partial charge on any atom is 0.220 e. The minimum atomic E-state index is -5.09. The molecule has 0 aliphatic heterocycles. The van der Waals surface area contributed by atoms with Crippen LogP contribution in [0.2, 0.25) is 0 Å². The van der Waals surface area contributed by atoms with Gasteiger partial charge in [0.25, 0.3) is 0 Å². The van der Waals surface area contributed by atoms with Crippen LogP contribution in [0, 0.1) is 0 Å². The first-order valence-electron chi connectivity index (χ1n) is 12.5. The molecule has 0 aliphatic carbocycles. The number of amides is 1. The molecule has 9 heteroatoms. The molecule has 1 heterocycles. The molecule has 1 aromatic heterocycles. The minimum absolute atomic E-state index is 0.174. The summed E-state index contributed by atoms with van der Waals surface area (Å²) in [6.07, 6.45) is 23.9. The Hall–Kier alpha value is -1.47. The van der Waals surface area contributed by atoms with Gasteiger partial charge in [0.1, 0.15) is 0 Å². The molecule has 2 N–H and O–H groups in total. The molecule has 0 aliphatic rings. The lowest BCUT2D eigenvalue weighted by Gasteiger charge is -2.31. The van der Waals surface area contributed by atoms with Gasteiger partial charge in [-0.15, -0.1) is 0 Å². The lowest BCUT2D eigenvalue weighted by Crippen LogP contribution is -2.40. The third-order valence-electron chi connectivity index (χ3n) is 5.49. The van der Waals surface area contributed by atoms with Crippen molar-refractivity contribution in [2.24, 2.45) is 0 Å². The topological polar surface area (TPSA) is 130 Å². The molecular weight excluding hydrogens is 441 g/mol. The summed E-state index contributed by atoms with van der Waals surface area (Å²) in [5.74, 6) is -0.174. The number of aromatic amines is 1. The van der Waals surface area contributed by atoms with Crippen LogP contribution in [0.25, 0.3) is 0 Å². The predicted molar refractivity (Wildman–Crippen MR) is 127 cm³/mol. The number of nitrogens with zero attached hydrogens (tertiary/aromatic N) is 1. The number of imidazole rings is 1. The van der Waals surface area contributed by atoms with E-state index in [1.165, 1.54) is 57.7 Å². The van der Waals surface area contributed by atoms with Gasteiger partial charge in [-0.25, -0.2) is 4.98 Å². The minimum Gasteiger partial charge on any atom is -0.790 e. The monoisotopic (exact) mass is 483 g/mol. The zero-order valence-corrected chi connectivity index (χ0v) is 21.0. The Morgan fingerprint density at radius 1 is 1.06 bits per heavy atom. The lowest BCUT2D eigenvalue weighted by molar-refractivity contribution is -0.342. The average molecular weight is 484 g/mol. The molecule has 0 radical (unpaired) electrons. The SMILES string of the molecule is CCCCCCCC/C=C\CCCCCCCC(=O)N[C@H](COP(=O)([O-])[O-])Cc1cnc[nH]1. The lowest BCUT2D eigenvalue weighted by atomic mass is 10.1. The molecule has 8 nitrogen and oxygen atoms in total. The average Bonchev–Trinajstić information content (AvgIpc) is 3.27. The number of phosphoric ester groups is 1. The molecule has 33 heavy (non-hydrogen) atoms. The first-order valence-corrected chi connectivity index (χ1v) is 13.9. The Morgan fingerprint density at radius 2 is 1.67 bits per heavy atom. The van der Waals surface area contributed by atoms with Gasteiger partial charge in [0.05, 0.1) is 26.8 Å². The Kier molecular flexibility index (Phi) is 16.9. The second kappa shape index (κ2) is 18.9. The fourth-order valence-corrected chi connectivity index (χ4v) is 4.01. The van der Waals surface area contributed by atoms with Crippen molar-refractivity contribution in [3.05, 3.63) is 30.4 Å². The number of carbonyl (C=O) groups is 1. The van der Waals surface area contributed by atoms with Gasteiger partial charge < -0.3 is 29.2 Å². The van der Waals surface area contributed by atoms with Crippen LogP contribution in [-0.2, 0) is 20.3 Å². The third kappa shape index (κ3) is 18.6. The van der Waals surface area contributed by atoms with Crippen molar-refractivity contribution < 1.29 is 23.7 Å². The smallest absolute Gasteiger partial charge is 0.220 e. The van der Waals surface area contributed by atoms with E-state index >= 15 is 0 Å². The van der Waals surface area contributed by atoms with Crippen LogP contribution >= 0.6 is 7.82 Å². The number of unbranched alkanes of at least 4 members (excludes halogenated alkanes) is 11. The van der Waals surface area contributed by atoms with E-state index in [4.69, 9.17) is 0 Å². The molecule has 0 bridgehead atoms. The van der Waals surface area contributed by atoms with Gasteiger partial charge in [0.15, 0.2) is 0 Å². The Labute approximate surface area is 199 Å². The number of hydrogen-bond donors (Lipinski definition) is 2. The van der Waals surface area contributed by atoms with Gasteiger partial charge in [0.2, 0.25) is 5.91 Å². The van der Waals surface area contributed by atoms with Crippen molar-refractivity contribution in [1.82, 2.24) is 15.3 Å². The summed E-state index contributed by atoms with van der Waals surface area (Å²) in [6.45, 7) is 1.86. The van der Waals surface area contributed by atoms with Gasteiger partial charge in [0, 0.05) is 24.7 Å². The van der Waals surface area contributed by atoms with E-state index < -0.39 is 13.9 Å². The maximum absolute atomic E-state index is 12.2. The standard InChI is InChI=1S/C24H44N3O5P/c1-2-3-4-5-6-7-8-9-10-11-12-13-14-15-16-17-24(28)27-23(20-32-33(29,30)31)18-22-19-25-21-26-22/h9-10,19,21,23H,2-8,11-18,20H2,1H3,(H,25,26)(H,27,28)(H2,29,30,31)/p-2/b10-9-/t23-/m0/s1. The van der Waals surface area contributed by atoms with E-state index in [-0.39, 0.29) is 12.5 Å². The Morgan fingerprint density at radius 3 is 2.24 bits per heavy atom.